The summed E-state index contributed by atoms with van der Waals surface area (Å²) >= 11 is 7.82. The molecule has 1 heterocycles. The van der Waals surface area contributed by atoms with Gasteiger partial charge in [-0.15, -0.1) is 35.3 Å². The Balaban J connectivity index is 0.00000288. The molecule has 0 spiro atoms. The number of aromatic nitrogens is 1. The number of guanidine groups is 1. The highest BCUT2D eigenvalue weighted by Crippen LogP contribution is 2.17. The summed E-state index contributed by atoms with van der Waals surface area (Å²) < 4.78 is 0. The highest BCUT2D eigenvalue weighted by atomic mass is 127. The highest BCUT2D eigenvalue weighted by Gasteiger charge is 2.08. The zero-order chi connectivity index (χ0) is 16.7. The molecule has 0 aliphatic heterocycles. The van der Waals surface area contributed by atoms with Crippen LogP contribution in [0.3, 0.4) is 0 Å². The van der Waals surface area contributed by atoms with Gasteiger partial charge in [0.2, 0.25) is 0 Å². The number of aryl methyl sites for hydroxylation is 1. The maximum atomic E-state index is 6.05. The van der Waals surface area contributed by atoms with Crippen LogP contribution in [0.1, 0.15) is 35.3 Å². The number of hydrogen-bond donors (Lipinski definition) is 2. The Bertz CT molecular complexity index is 660. The Kier molecular flexibility index (Phi) is 9.61. The molecule has 1 aromatic heterocycles. The van der Waals surface area contributed by atoms with Crippen LogP contribution in [0.15, 0.2) is 35.5 Å². The Morgan fingerprint density at radius 1 is 1.42 bits per heavy atom. The number of nitrogens with one attached hydrogen (secondary N) is 2. The quantitative estimate of drug-likeness (QED) is 0.366. The van der Waals surface area contributed by atoms with Crippen LogP contribution in [-0.4, -0.2) is 24.5 Å². The van der Waals surface area contributed by atoms with Crippen LogP contribution in [0.5, 0.6) is 0 Å². The van der Waals surface area contributed by atoms with Gasteiger partial charge in [-0.3, -0.25) is 4.99 Å². The van der Waals surface area contributed by atoms with Gasteiger partial charge in [-0.25, -0.2) is 4.98 Å². The topological polar surface area (TPSA) is 49.3 Å². The molecule has 1 atom stereocenters. The Hall–Kier alpha value is -0.860. The van der Waals surface area contributed by atoms with Gasteiger partial charge in [-0.2, -0.15) is 0 Å². The molecule has 0 aliphatic rings. The molecular weight excluding hydrogens is 455 g/mol. The number of thiazole rings is 1. The molecule has 0 saturated carbocycles. The number of halogens is 2. The van der Waals surface area contributed by atoms with Crippen molar-refractivity contribution in [1.29, 1.82) is 0 Å². The lowest BCUT2D eigenvalue weighted by Crippen LogP contribution is -2.39. The maximum Gasteiger partial charge on any atom is 0.191 e. The first-order chi connectivity index (χ1) is 11.1. The van der Waals surface area contributed by atoms with Crippen LogP contribution in [-0.2, 0) is 12.8 Å². The van der Waals surface area contributed by atoms with E-state index in [2.05, 4.69) is 40.5 Å². The van der Waals surface area contributed by atoms with Gasteiger partial charge in [0.25, 0.3) is 0 Å². The second kappa shape index (κ2) is 10.9. The largest absolute Gasteiger partial charge is 0.356 e. The Morgan fingerprint density at radius 3 is 2.83 bits per heavy atom. The molecule has 1 aromatic carbocycles. The first kappa shape index (κ1) is 21.2. The van der Waals surface area contributed by atoms with E-state index >= 15 is 0 Å². The third-order valence-corrected chi connectivity index (χ3v) is 4.94. The number of benzene rings is 1. The molecular formula is C17H24ClIN4S. The van der Waals surface area contributed by atoms with Gasteiger partial charge in [-0.1, -0.05) is 30.7 Å². The molecule has 0 amide bonds. The number of rotatable bonds is 6. The summed E-state index contributed by atoms with van der Waals surface area (Å²) in [4.78, 5) is 10.0. The minimum absolute atomic E-state index is 0. The smallest absolute Gasteiger partial charge is 0.191 e. The van der Waals surface area contributed by atoms with Crippen molar-refractivity contribution in [2.45, 2.75) is 32.7 Å². The molecule has 2 N–H and O–H groups in total. The zero-order valence-electron chi connectivity index (χ0n) is 14.2. The fraction of sp³-hybridized carbons (Fsp3) is 0.412. The van der Waals surface area contributed by atoms with Gasteiger partial charge >= 0.3 is 0 Å². The predicted octanol–water partition coefficient (Wildman–Crippen LogP) is 4.45. The van der Waals surface area contributed by atoms with E-state index in [4.69, 9.17) is 11.6 Å². The highest BCUT2D eigenvalue weighted by molar-refractivity contribution is 14.0. The van der Waals surface area contributed by atoms with Gasteiger partial charge in [0.05, 0.1) is 11.0 Å². The summed E-state index contributed by atoms with van der Waals surface area (Å²) in [5.74, 6) is 0.782. The summed E-state index contributed by atoms with van der Waals surface area (Å²) in [7, 11) is 1.78. The van der Waals surface area contributed by atoms with E-state index in [1.807, 2.05) is 24.4 Å². The summed E-state index contributed by atoms with van der Waals surface area (Å²) in [5.41, 5.74) is 1.13. The molecule has 132 valence electrons. The molecule has 7 heteroatoms. The average Bonchev–Trinajstić information content (AvgIpc) is 3.01. The molecule has 1 unspecified atom stereocenters. The van der Waals surface area contributed by atoms with Gasteiger partial charge in [-0.05, 0) is 31.0 Å². The summed E-state index contributed by atoms with van der Waals surface area (Å²) in [6.07, 6.45) is 3.91. The first-order valence-electron chi connectivity index (χ1n) is 7.78. The van der Waals surface area contributed by atoms with Gasteiger partial charge in [0, 0.05) is 36.1 Å². The van der Waals surface area contributed by atoms with E-state index in [-0.39, 0.29) is 30.0 Å². The van der Waals surface area contributed by atoms with Crippen LogP contribution >= 0.6 is 46.9 Å². The third kappa shape index (κ3) is 6.57. The van der Waals surface area contributed by atoms with Crippen molar-refractivity contribution in [2.24, 2.45) is 4.99 Å². The molecule has 0 radical (unpaired) electrons. The molecule has 4 nitrogen and oxygen atoms in total. The third-order valence-electron chi connectivity index (χ3n) is 3.51. The Labute approximate surface area is 170 Å². The number of nitrogens with zero attached hydrogens (tertiary/aromatic N) is 2. The summed E-state index contributed by atoms with van der Waals surface area (Å²) in [5, 5.41) is 8.61. The minimum atomic E-state index is 0. The molecule has 2 rings (SSSR count). The van der Waals surface area contributed by atoms with E-state index in [0.717, 1.165) is 40.9 Å². The molecule has 0 saturated heterocycles. The van der Waals surface area contributed by atoms with Crippen LogP contribution < -0.4 is 10.6 Å². The van der Waals surface area contributed by atoms with Crippen molar-refractivity contribution in [3.8, 4) is 0 Å². The fourth-order valence-electron chi connectivity index (χ4n) is 2.17. The normalized spacial score (nSPS) is 12.4. The van der Waals surface area contributed by atoms with Crippen molar-refractivity contribution >= 4 is 52.9 Å². The predicted molar refractivity (Wildman–Crippen MR) is 115 cm³/mol. The fourth-order valence-corrected chi connectivity index (χ4v) is 3.23. The number of aliphatic imine (C=N–C) groups is 1. The zero-order valence-corrected chi connectivity index (χ0v) is 18.1. The number of hydrogen-bond acceptors (Lipinski definition) is 3. The van der Waals surface area contributed by atoms with Crippen LogP contribution in [0.2, 0.25) is 5.02 Å². The van der Waals surface area contributed by atoms with Crippen molar-refractivity contribution in [3.63, 3.8) is 0 Å². The standard InChI is InChI=1S/C17H23ClN4S.HI/c1-4-15-11-21-16(23-15)8-9-20-17(19-3)22-12(2)13-6-5-7-14(18)10-13;/h5-7,10-12H,4,8-9H2,1-3H3,(H2,19,20,22);1H. The van der Waals surface area contributed by atoms with E-state index in [0.29, 0.717) is 0 Å². The van der Waals surface area contributed by atoms with Crippen LogP contribution in [0.25, 0.3) is 0 Å². The molecule has 0 bridgehead atoms. The average molecular weight is 479 g/mol. The monoisotopic (exact) mass is 478 g/mol. The van der Waals surface area contributed by atoms with Crippen molar-refractivity contribution in [2.75, 3.05) is 13.6 Å². The second-order valence-electron chi connectivity index (χ2n) is 5.24. The van der Waals surface area contributed by atoms with Crippen LogP contribution in [0, 0.1) is 0 Å². The second-order valence-corrected chi connectivity index (χ2v) is 6.88. The van der Waals surface area contributed by atoms with E-state index in [9.17, 15) is 0 Å². The van der Waals surface area contributed by atoms with E-state index in [1.165, 1.54) is 4.88 Å². The lowest BCUT2D eigenvalue weighted by atomic mass is 10.1. The molecule has 0 aliphatic carbocycles. The van der Waals surface area contributed by atoms with E-state index in [1.54, 1.807) is 18.4 Å². The first-order valence-corrected chi connectivity index (χ1v) is 8.98. The molecule has 0 fully saturated rings. The maximum absolute atomic E-state index is 6.05. The lowest BCUT2D eigenvalue weighted by Gasteiger charge is -2.18. The van der Waals surface area contributed by atoms with Gasteiger partial charge in [0.1, 0.15) is 0 Å². The van der Waals surface area contributed by atoms with Gasteiger partial charge < -0.3 is 10.6 Å². The van der Waals surface area contributed by atoms with Crippen molar-refractivity contribution < 1.29 is 0 Å². The molecule has 2 aromatic rings. The summed E-state index contributed by atoms with van der Waals surface area (Å²) in [6, 6.07) is 7.99. The van der Waals surface area contributed by atoms with Crippen LogP contribution in [0.4, 0.5) is 0 Å². The van der Waals surface area contributed by atoms with Crippen molar-refractivity contribution in [3.05, 3.63) is 50.9 Å². The SMILES string of the molecule is CCc1cnc(CCNC(=NC)NC(C)c2cccc(Cl)c2)s1.I. The molecule has 24 heavy (non-hydrogen) atoms. The summed E-state index contributed by atoms with van der Waals surface area (Å²) in [6.45, 7) is 5.05. The minimum Gasteiger partial charge on any atom is -0.356 e. The Morgan fingerprint density at radius 2 is 2.21 bits per heavy atom. The van der Waals surface area contributed by atoms with Gasteiger partial charge in [0.15, 0.2) is 5.96 Å². The van der Waals surface area contributed by atoms with Crippen molar-refractivity contribution in [1.82, 2.24) is 15.6 Å². The lowest BCUT2D eigenvalue weighted by molar-refractivity contribution is 0.684. The van der Waals surface area contributed by atoms with E-state index < -0.39 is 0 Å².